The second-order valence-electron chi connectivity index (χ2n) is 7.22. The van der Waals surface area contributed by atoms with Gasteiger partial charge in [0.2, 0.25) is 0 Å². The van der Waals surface area contributed by atoms with Gasteiger partial charge >= 0.3 is 12.1 Å². The lowest BCUT2D eigenvalue weighted by molar-refractivity contribution is 0.0526. The molecule has 0 radical (unpaired) electrons. The fourth-order valence-electron chi connectivity index (χ4n) is 3.66. The van der Waals surface area contributed by atoms with E-state index < -0.39 is 18.0 Å². The van der Waals surface area contributed by atoms with Crippen LogP contribution in [0.3, 0.4) is 0 Å². The Morgan fingerprint density at radius 3 is 2.67 bits per heavy atom. The van der Waals surface area contributed by atoms with Crippen LogP contribution >= 0.6 is 11.3 Å². The van der Waals surface area contributed by atoms with Crippen molar-refractivity contribution >= 4 is 45.3 Å². The van der Waals surface area contributed by atoms with Crippen molar-refractivity contribution in [3.63, 3.8) is 0 Å². The predicted octanol–water partition coefficient (Wildman–Crippen LogP) is 3.80. The largest absolute Gasteiger partial charge is 0.462 e. The van der Waals surface area contributed by atoms with E-state index in [-0.39, 0.29) is 47.1 Å². The second kappa shape index (κ2) is 9.45. The normalized spacial score (nSPS) is 12.8. The van der Waals surface area contributed by atoms with Crippen molar-refractivity contribution in [3.8, 4) is 0 Å². The highest BCUT2D eigenvalue weighted by Gasteiger charge is 2.32. The number of thiophene rings is 1. The summed E-state index contributed by atoms with van der Waals surface area (Å²) in [5, 5.41) is 3.35. The first kappa shape index (κ1) is 22.5. The summed E-state index contributed by atoms with van der Waals surface area (Å²) in [6.45, 7) is 4.50. The van der Waals surface area contributed by atoms with Gasteiger partial charge in [-0.1, -0.05) is 12.1 Å². The number of anilines is 1. The molecule has 0 saturated carbocycles. The van der Waals surface area contributed by atoms with Crippen LogP contribution in [-0.4, -0.2) is 42.6 Å². The molecule has 3 heterocycles. The Bertz CT molecular complexity index is 1290. The average Bonchev–Trinajstić information content (AvgIpc) is 3.16. The lowest BCUT2D eigenvalue weighted by Gasteiger charge is -2.26. The van der Waals surface area contributed by atoms with Gasteiger partial charge in [-0.2, -0.15) is 0 Å². The monoisotopic (exact) mass is 470 g/mol. The van der Waals surface area contributed by atoms with Crippen LogP contribution in [0.25, 0.3) is 11.0 Å². The van der Waals surface area contributed by atoms with Gasteiger partial charge in [0, 0.05) is 17.5 Å². The van der Waals surface area contributed by atoms with Crippen LogP contribution < -0.4 is 10.7 Å². The molecule has 0 unspecified atom stereocenters. The Balaban J connectivity index is 1.67. The summed E-state index contributed by atoms with van der Waals surface area (Å²) < 4.78 is 15.9. The van der Waals surface area contributed by atoms with Crippen molar-refractivity contribution < 1.29 is 28.3 Å². The molecule has 0 atom stereocenters. The molecule has 0 spiro atoms. The van der Waals surface area contributed by atoms with E-state index in [4.69, 9.17) is 13.9 Å². The van der Waals surface area contributed by atoms with E-state index in [1.807, 2.05) is 0 Å². The quantitative estimate of drug-likeness (QED) is 0.564. The molecule has 1 N–H and O–H groups in total. The Labute approximate surface area is 192 Å². The molecule has 4 rings (SSSR count). The molecule has 0 aliphatic carbocycles. The topological polar surface area (TPSA) is 115 Å². The van der Waals surface area contributed by atoms with Gasteiger partial charge in [-0.15, -0.1) is 11.3 Å². The first-order chi connectivity index (χ1) is 15.9. The molecule has 0 saturated heterocycles. The second-order valence-corrected chi connectivity index (χ2v) is 8.33. The zero-order chi connectivity index (χ0) is 23.5. The van der Waals surface area contributed by atoms with Gasteiger partial charge in [0.1, 0.15) is 10.6 Å². The Morgan fingerprint density at radius 1 is 1.15 bits per heavy atom. The van der Waals surface area contributed by atoms with Crippen molar-refractivity contribution in [1.29, 1.82) is 0 Å². The van der Waals surface area contributed by atoms with Gasteiger partial charge < -0.3 is 24.1 Å². The van der Waals surface area contributed by atoms with Crippen LogP contribution in [0.2, 0.25) is 0 Å². The van der Waals surface area contributed by atoms with E-state index in [1.165, 1.54) is 11.3 Å². The van der Waals surface area contributed by atoms with Crippen molar-refractivity contribution in [2.24, 2.45) is 0 Å². The molecular formula is C23H22N2O7S. The molecule has 0 fully saturated rings. The number of amides is 2. The molecule has 3 aromatic rings. The van der Waals surface area contributed by atoms with Crippen LogP contribution in [0.4, 0.5) is 9.80 Å². The third-order valence-electron chi connectivity index (χ3n) is 5.15. The third kappa shape index (κ3) is 4.47. The number of carbonyl (C=O) groups is 3. The van der Waals surface area contributed by atoms with Crippen molar-refractivity contribution in [1.82, 2.24) is 4.90 Å². The minimum absolute atomic E-state index is 0.172. The number of carbonyl (C=O) groups excluding carboxylic acids is 3. The van der Waals surface area contributed by atoms with Crippen molar-refractivity contribution in [2.45, 2.75) is 26.8 Å². The zero-order valence-electron chi connectivity index (χ0n) is 18.1. The standard InChI is InChI=1S/C23H22N2O7S/c1-3-30-22(28)19-14-9-10-25(23(29)31-4-2)12-18(14)33-21(19)24-20(27)17-11-15(26)13-7-5-6-8-16(13)32-17/h5-8,11H,3-4,9-10,12H2,1-2H3,(H,24,27). The highest BCUT2D eigenvalue weighted by molar-refractivity contribution is 7.17. The summed E-state index contributed by atoms with van der Waals surface area (Å²) in [7, 11) is 0. The fraction of sp³-hybridized carbons (Fsp3) is 0.304. The zero-order valence-corrected chi connectivity index (χ0v) is 19.0. The maximum atomic E-state index is 12.9. The van der Waals surface area contributed by atoms with Gasteiger partial charge in [0.25, 0.3) is 5.91 Å². The molecule has 1 aromatic carbocycles. The third-order valence-corrected chi connectivity index (χ3v) is 6.28. The number of nitrogens with zero attached hydrogens (tertiary/aromatic N) is 1. The van der Waals surface area contributed by atoms with Gasteiger partial charge in [-0.3, -0.25) is 9.59 Å². The molecule has 1 aliphatic rings. The fourth-order valence-corrected chi connectivity index (χ4v) is 4.91. The number of rotatable bonds is 5. The van der Waals surface area contributed by atoms with E-state index in [0.29, 0.717) is 18.4 Å². The van der Waals surface area contributed by atoms with Crippen LogP contribution in [-0.2, 0) is 22.4 Å². The van der Waals surface area contributed by atoms with Crippen LogP contribution in [0.1, 0.15) is 45.2 Å². The van der Waals surface area contributed by atoms with Crippen molar-refractivity contribution in [3.05, 3.63) is 62.3 Å². The van der Waals surface area contributed by atoms with Crippen LogP contribution in [0, 0.1) is 0 Å². The first-order valence-electron chi connectivity index (χ1n) is 10.5. The maximum Gasteiger partial charge on any atom is 0.410 e. The molecule has 33 heavy (non-hydrogen) atoms. The summed E-state index contributed by atoms with van der Waals surface area (Å²) in [6, 6.07) is 7.75. The minimum atomic E-state index is -0.663. The number of esters is 1. The lowest BCUT2D eigenvalue weighted by Crippen LogP contribution is -2.36. The van der Waals surface area contributed by atoms with Crippen molar-refractivity contribution in [2.75, 3.05) is 25.1 Å². The van der Waals surface area contributed by atoms with Gasteiger partial charge in [0.15, 0.2) is 11.2 Å². The highest BCUT2D eigenvalue weighted by atomic mass is 32.1. The Hall–Kier alpha value is -3.66. The number of nitrogens with one attached hydrogen (secondary N) is 1. The van der Waals surface area contributed by atoms with E-state index in [0.717, 1.165) is 16.5 Å². The molecule has 172 valence electrons. The number of hydrogen-bond acceptors (Lipinski definition) is 8. The molecule has 10 heteroatoms. The number of benzene rings is 1. The first-order valence-corrected chi connectivity index (χ1v) is 11.3. The van der Waals surface area contributed by atoms with E-state index in [9.17, 15) is 19.2 Å². The summed E-state index contributed by atoms with van der Waals surface area (Å²) in [5.41, 5.74) is 0.936. The van der Waals surface area contributed by atoms with Gasteiger partial charge in [0.05, 0.1) is 30.7 Å². The predicted molar refractivity (Wildman–Crippen MR) is 122 cm³/mol. The molecule has 9 nitrogen and oxygen atoms in total. The van der Waals surface area contributed by atoms with E-state index in [2.05, 4.69) is 5.32 Å². The van der Waals surface area contributed by atoms with E-state index in [1.54, 1.807) is 43.0 Å². The lowest BCUT2D eigenvalue weighted by atomic mass is 10.0. The SMILES string of the molecule is CCOC(=O)c1c(NC(=O)c2cc(=O)c3ccccc3o2)sc2c1CCN(C(=O)OCC)C2. The summed E-state index contributed by atoms with van der Waals surface area (Å²) in [4.78, 5) is 52.5. The highest BCUT2D eigenvalue weighted by Crippen LogP contribution is 2.38. The van der Waals surface area contributed by atoms with E-state index >= 15 is 0 Å². The maximum absolute atomic E-state index is 12.9. The summed E-state index contributed by atoms with van der Waals surface area (Å²) >= 11 is 1.18. The Morgan fingerprint density at radius 2 is 1.91 bits per heavy atom. The molecule has 2 amide bonds. The summed E-state index contributed by atoms with van der Waals surface area (Å²) in [6.07, 6.45) is -0.0162. The minimum Gasteiger partial charge on any atom is -0.462 e. The number of ether oxygens (including phenoxy) is 2. The number of para-hydroxylation sites is 1. The van der Waals surface area contributed by atoms with Crippen LogP contribution in [0.5, 0.6) is 0 Å². The molecule has 2 aromatic heterocycles. The number of hydrogen-bond donors (Lipinski definition) is 1. The molecule has 0 bridgehead atoms. The Kier molecular flexibility index (Phi) is 6.45. The summed E-state index contributed by atoms with van der Waals surface area (Å²) in [5.74, 6) is -1.40. The average molecular weight is 471 g/mol. The van der Waals surface area contributed by atoms with Gasteiger partial charge in [-0.25, -0.2) is 9.59 Å². The van der Waals surface area contributed by atoms with Gasteiger partial charge in [-0.05, 0) is 38.0 Å². The molecule has 1 aliphatic heterocycles. The molecular weight excluding hydrogens is 448 g/mol. The smallest absolute Gasteiger partial charge is 0.410 e. The number of fused-ring (bicyclic) bond motifs is 2. The van der Waals surface area contributed by atoms with Crippen LogP contribution in [0.15, 0.2) is 39.5 Å².